The number of rotatable bonds is 6. The maximum Gasteiger partial charge on any atom is 0.260 e. The molecule has 2 atom stereocenters. The highest BCUT2D eigenvalue weighted by Gasteiger charge is 2.29. The summed E-state index contributed by atoms with van der Waals surface area (Å²) in [6.07, 6.45) is 1.01. The van der Waals surface area contributed by atoms with Gasteiger partial charge in [-0.2, -0.15) is 0 Å². The third-order valence-corrected chi connectivity index (χ3v) is 5.12. The molecule has 1 aliphatic heterocycles. The van der Waals surface area contributed by atoms with Gasteiger partial charge in [0.1, 0.15) is 17.2 Å². The first-order chi connectivity index (χ1) is 13.0. The molecule has 2 aromatic carbocycles. The third kappa shape index (κ3) is 5.23. The van der Waals surface area contributed by atoms with Crippen LogP contribution in [0.3, 0.4) is 0 Å². The van der Waals surface area contributed by atoms with Crippen LogP contribution in [0.15, 0.2) is 54.6 Å². The molecule has 0 aromatic heterocycles. The number of likely N-dealkylation sites (tertiary alicyclic amines) is 1. The molecular formula is C22H28N2O3. The van der Waals surface area contributed by atoms with Gasteiger partial charge in [0.2, 0.25) is 0 Å². The molecule has 1 fully saturated rings. The summed E-state index contributed by atoms with van der Waals surface area (Å²) in [5, 5.41) is 0. The van der Waals surface area contributed by atoms with Gasteiger partial charge in [0.05, 0.1) is 0 Å². The molecule has 1 aliphatic rings. The monoisotopic (exact) mass is 368 g/mol. The summed E-state index contributed by atoms with van der Waals surface area (Å²) in [7, 11) is 4.01. The summed E-state index contributed by atoms with van der Waals surface area (Å²) >= 11 is 0. The van der Waals surface area contributed by atoms with E-state index in [0.717, 1.165) is 31.0 Å². The van der Waals surface area contributed by atoms with Crippen molar-refractivity contribution in [2.45, 2.75) is 19.4 Å². The molecule has 0 saturated carbocycles. The minimum Gasteiger partial charge on any atom is -0.484 e. The van der Waals surface area contributed by atoms with Gasteiger partial charge in [-0.05, 0) is 62.3 Å². The summed E-state index contributed by atoms with van der Waals surface area (Å²) in [5.74, 6) is 2.66. The molecule has 27 heavy (non-hydrogen) atoms. The zero-order chi connectivity index (χ0) is 19.2. The van der Waals surface area contributed by atoms with Gasteiger partial charge in [0, 0.05) is 19.6 Å². The van der Waals surface area contributed by atoms with Gasteiger partial charge in [-0.15, -0.1) is 0 Å². The van der Waals surface area contributed by atoms with Crippen LogP contribution >= 0.6 is 0 Å². The summed E-state index contributed by atoms with van der Waals surface area (Å²) < 4.78 is 11.4. The van der Waals surface area contributed by atoms with Crippen LogP contribution in [0.1, 0.15) is 13.3 Å². The Morgan fingerprint density at radius 2 is 1.70 bits per heavy atom. The predicted octanol–water partition coefficient (Wildman–Crippen LogP) is 3.66. The number of ether oxygens (including phenoxy) is 2. The van der Waals surface area contributed by atoms with Crippen molar-refractivity contribution in [3.05, 3.63) is 54.6 Å². The van der Waals surface area contributed by atoms with E-state index in [1.807, 2.05) is 66.5 Å². The number of benzene rings is 2. The number of hydrogen-bond donors (Lipinski definition) is 0. The fraction of sp³-hybridized carbons (Fsp3) is 0.409. The first kappa shape index (κ1) is 19.2. The van der Waals surface area contributed by atoms with E-state index in [9.17, 15) is 4.79 Å². The molecule has 1 heterocycles. The Hall–Kier alpha value is -2.53. The van der Waals surface area contributed by atoms with Gasteiger partial charge < -0.3 is 19.3 Å². The van der Waals surface area contributed by atoms with Crippen LogP contribution in [0.25, 0.3) is 0 Å². The normalized spacial score (nSPS) is 20.1. The van der Waals surface area contributed by atoms with Crippen LogP contribution in [0.4, 0.5) is 0 Å². The Labute approximate surface area is 161 Å². The molecule has 5 nitrogen and oxygen atoms in total. The highest BCUT2D eigenvalue weighted by molar-refractivity contribution is 5.77. The SMILES string of the molecule is C[C@@H]1CN(C)CC[C@H]1N(C)C(=O)COc1ccc(Oc2ccccc2)cc1. The van der Waals surface area contributed by atoms with Gasteiger partial charge >= 0.3 is 0 Å². The van der Waals surface area contributed by atoms with E-state index >= 15 is 0 Å². The van der Waals surface area contributed by atoms with Crippen molar-refractivity contribution in [2.24, 2.45) is 5.92 Å². The molecule has 0 spiro atoms. The zero-order valence-corrected chi connectivity index (χ0v) is 16.3. The van der Waals surface area contributed by atoms with Gasteiger partial charge in [-0.1, -0.05) is 25.1 Å². The number of piperidine rings is 1. The van der Waals surface area contributed by atoms with Crippen LogP contribution < -0.4 is 9.47 Å². The van der Waals surface area contributed by atoms with E-state index in [1.54, 1.807) is 0 Å². The maximum absolute atomic E-state index is 12.5. The van der Waals surface area contributed by atoms with Crippen LogP contribution in [-0.4, -0.2) is 55.5 Å². The average Bonchev–Trinajstić information content (AvgIpc) is 2.67. The molecule has 0 bridgehead atoms. The fourth-order valence-electron chi connectivity index (χ4n) is 3.58. The molecule has 0 radical (unpaired) electrons. The van der Waals surface area contributed by atoms with E-state index in [0.29, 0.717) is 11.7 Å². The fourth-order valence-corrected chi connectivity index (χ4v) is 3.58. The van der Waals surface area contributed by atoms with Crippen molar-refractivity contribution in [1.82, 2.24) is 9.80 Å². The second kappa shape index (κ2) is 8.91. The smallest absolute Gasteiger partial charge is 0.260 e. The van der Waals surface area contributed by atoms with E-state index in [-0.39, 0.29) is 18.6 Å². The van der Waals surface area contributed by atoms with E-state index in [4.69, 9.17) is 9.47 Å². The van der Waals surface area contributed by atoms with E-state index in [1.165, 1.54) is 0 Å². The number of hydrogen-bond acceptors (Lipinski definition) is 4. The lowest BCUT2D eigenvalue weighted by atomic mass is 9.93. The molecule has 1 saturated heterocycles. The molecular weight excluding hydrogens is 340 g/mol. The van der Waals surface area contributed by atoms with Crippen LogP contribution in [0, 0.1) is 5.92 Å². The van der Waals surface area contributed by atoms with Crippen molar-refractivity contribution < 1.29 is 14.3 Å². The van der Waals surface area contributed by atoms with Crippen LogP contribution in [0.2, 0.25) is 0 Å². The van der Waals surface area contributed by atoms with Gasteiger partial charge in [-0.25, -0.2) is 0 Å². The topological polar surface area (TPSA) is 42.0 Å². The second-order valence-electron chi connectivity index (χ2n) is 7.28. The number of amides is 1. The summed E-state index contributed by atoms with van der Waals surface area (Å²) in [6.45, 7) is 4.30. The largest absolute Gasteiger partial charge is 0.484 e. The Bertz CT molecular complexity index is 733. The molecule has 2 aromatic rings. The molecule has 0 unspecified atom stereocenters. The van der Waals surface area contributed by atoms with Gasteiger partial charge in [-0.3, -0.25) is 4.79 Å². The highest BCUT2D eigenvalue weighted by atomic mass is 16.5. The lowest BCUT2D eigenvalue weighted by molar-refractivity contribution is -0.136. The molecule has 144 valence electrons. The number of carbonyl (C=O) groups is 1. The predicted molar refractivity (Wildman–Crippen MR) is 106 cm³/mol. The van der Waals surface area contributed by atoms with E-state index in [2.05, 4.69) is 18.9 Å². The molecule has 0 aliphatic carbocycles. The maximum atomic E-state index is 12.5. The summed E-state index contributed by atoms with van der Waals surface area (Å²) in [4.78, 5) is 16.7. The quantitative estimate of drug-likeness (QED) is 0.780. The second-order valence-corrected chi connectivity index (χ2v) is 7.28. The van der Waals surface area contributed by atoms with E-state index < -0.39 is 0 Å². The average molecular weight is 368 g/mol. The molecule has 5 heteroatoms. The minimum absolute atomic E-state index is 0.0148. The minimum atomic E-state index is 0.0148. The Morgan fingerprint density at radius 3 is 2.37 bits per heavy atom. The standard InChI is InChI=1S/C22H28N2O3/c1-17-15-23(2)14-13-21(17)24(3)22(25)16-26-18-9-11-20(12-10-18)27-19-7-5-4-6-8-19/h4-12,17,21H,13-16H2,1-3H3/t17-,21-/m1/s1. The lowest BCUT2D eigenvalue weighted by Gasteiger charge is -2.39. The Balaban J connectivity index is 1.50. The van der Waals surface area contributed by atoms with Crippen LogP contribution in [-0.2, 0) is 4.79 Å². The molecule has 0 N–H and O–H groups in total. The number of nitrogens with zero attached hydrogens (tertiary/aromatic N) is 2. The molecule has 1 amide bonds. The van der Waals surface area contributed by atoms with Crippen molar-refractivity contribution in [3.63, 3.8) is 0 Å². The lowest BCUT2D eigenvalue weighted by Crippen LogP contribution is -2.50. The number of para-hydroxylation sites is 1. The van der Waals surface area contributed by atoms with Gasteiger partial charge in [0.15, 0.2) is 6.61 Å². The first-order valence-corrected chi connectivity index (χ1v) is 9.43. The van der Waals surface area contributed by atoms with Crippen molar-refractivity contribution in [1.29, 1.82) is 0 Å². The highest BCUT2D eigenvalue weighted by Crippen LogP contribution is 2.24. The number of likely N-dealkylation sites (N-methyl/N-ethyl adjacent to an activating group) is 1. The van der Waals surface area contributed by atoms with Crippen LogP contribution in [0.5, 0.6) is 17.2 Å². The first-order valence-electron chi connectivity index (χ1n) is 9.43. The van der Waals surface area contributed by atoms with Crippen molar-refractivity contribution in [3.8, 4) is 17.2 Å². The molecule has 3 rings (SSSR count). The summed E-state index contributed by atoms with van der Waals surface area (Å²) in [5.41, 5.74) is 0. The van der Waals surface area contributed by atoms with Crippen molar-refractivity contribution in [2.75, 3.05) is 33.8 Å². The zero-order valence-electron chi connectivity index (χ0n) is 16.3. The number of carbonyl (C=O) groups excluding carboxylic acids is 1. The Morgan fingerprint density at radius 1 is 1.07 bits per heavy atom. The van der Waals surface area contributed by atoms with Crippen molar-refractivity contribution >= 4 is 5.91 Å². The third-order valence-electron chi connectivity index (χ3n) is 5.12. The summed E-state index contributed by atoms with van der Waals surface area (Å²) in [6, 6.07) is 17.2. The van der Waals surface area contributed by atoms with Gasteiger partial charge in [0.25, 0.3) is 5.91 Å². The Kier molecular flexibility index (Phi) is 6.35.